The van der Waals surface area contributed by atoms with Crippen molar-refractivity contribution in [2.45, 2.75) is 437 Å². The van der Waals surface area contributed by atoms with E-state index in [-0.39, 0.29) is 0 Å². The van der Waals surface area contributed by atoms with E-state index in [0.717, 1.165) is 38.5 Å². The van der Waals surface area contributed by atoms with E-state index in [4.69, 9.17) is 15.3 Å². The largest absolute Gasteiger partial charge is 0.481 e. The van der Waals surface area contributed by atoms with Crippen LogP contribution < -0.4 is 0 Å². The van der Waals surface area contributed by atoms with Crippen LogP contribution in [0.1, 0.15) is 397 Å². The van der Waals surface area contributed by atoms with Gasteiger partial charge in [-0.2, -0.15) is 0 Å². The number of benzene rings is 6. The van der Waals surface area contributed by atoms with Crippen molar-refractivity contribution in [3.8, 4) is 0 Å². The van der Waals surface area contributed by atoms with Gasteiger partial charge in [0.2, 0.25) is 0 Å². The number of hydrogen-bond acceptors (Lipinski definition) is 6. The molecule has 3 N–H and O–H groups in total. The molecule has 0 aliphatic rings. The number of carbonyl (C=O) groups is 3. The second-order valence-corrected chi connectivity index (χ2v) is 35.5. The molecule has 0 heterocycles. The number of aryl methyl sites for hydroxylation is 3. The Bertz CT molecular complexity index is 3220. The molecule has 0 spiro atoms. The van der Waals surface area contributed by atoms with Crippen LogP contribution >= 0.6 is 35.3 Å². The summed E-state index contributed by atoms with van der Waals surface area (Å²) in [5.41, 5.74) is 13.6. The van der Waals surface area contributed by atoms with Crippen molar-refractivity contribution in [1.29, 1.82) is 0 Å². The fraction of sp³-hybridized carbons (Fsp3) is 0.618. The summed E-state index contributed by atoms with van der Waals surface area (Å²) < 4.78 is 0. The molecule has 6 aromatic rings. The minimum absolute atomic E-state index is 0.331. The molecular formula is C102H153O6S3. The van der Waals surface area contributed by atoms with Crippen LogP contribution in [0.2, 0.25) is 0 Å². The molecule has 0 aliphatic heterocycles. The van der Waals surface area contributed by atoms with Gasteiger partial charge in [-0.25, -0.2) is 0 Å². The standard InChI is InChI=1S/C58H98O4S.C32H47O2S.C12H8S/c1-47-45-46-48(2)57(49(47)3)63-58-51(5)50(4)53(41-37-33-29-25-21-17-13-9-7-11-15-19-23-27-31-35-39-43-55(59)60)54(52(58)6)42-38-34-30-26-22-18-14-10-8-12-16-20-24-28-32-36-40-44-56(61)62;33-32(34)24-20-15-13-11-9-7-5-3-1-2-4-6-8-10-12-14-17-21-29-25-27-31(28-26-29)35-30-22-18-16-19-23-30;1-3-7-11(8-4-1)13-12-9-5-2-6-10-12/h45-46H,7-44H2,1-6H3,(H,59,60)(H,61,62);18-19,22-23,25-28H,1-15,17,20-21,24H2,(H,33,34);3-10H. The van der Waals surface area contributed by atoms with Gasteiger partial charge in [-0.3, -0.25) is 14.4 Å². The first-order valence-electron chi connectivity index (χ1n) is 45.1. The molecule has 6 aromatic carbocycles. The van der Waals surface area contributed by atoms with Crippen LogP contribution in [-0.2, 0) is 33.6 Å². The molecule has 111 heavy (non-hydrogen) atoms. The molecule has 615 valence electrons. The summed E-state index contributed by atoms with van der Waals surface area (Å²) in [6.07, 6.45) is 71.4. The zero-order valence-corrected chi connectivity index (χ0v) is 73.4. The Labute approximate surface area is 692 Å². The van der Waals surface area contributed by atoms with E-state index in [2.05, 4.69) is 133 Å². The molecule has 3 radical (unpaired) electrons. The van der Waals surface area contributed by atoms with Gasteiger partial charge in [-0.1, -0.05) is 385 Å². The molecule has 0 bridgehead atoms. The first-order valence-corrected chi connectivity index (χ1v) is 47.5. The molecule has 6 rings (SSSR count). The van der Waals surface area contributed by atoms with Crippen LogP contribution in [0, 0.1) is 59.7 Å². The lowest BCUT2D eigenvalue weighted by Crippen LogP contribution is -2.07. The number of carboxylic acids is 3. The predicted molar refractivity (Wildman–Crippen MR) is 479 cm³/mol. The van der Waals surface area contributed by atoms with Crippen LogP contribution in [0.4, 0.5) is 0 Å². The van der Waals surface area contributed by atoms with Gasteiger partial charge in [0.1, 0.15) is 0 Å². The highest BCUT2D eigenvalue weighted by molar-refractivity contribution is 8.00. The van der Waals surface area contributed by atoms with Gasteiger partial charge in [0, 0.05) is 48.6 Å². The van der Waals surface area contributed by atoms with Gasteiger partial charge in [-0.05, 0) is 216 Å². The summed E-state index contributed by atoms with van der Waals surface area (Å²) >= 11 is 5.60. The number of carboxylic acid groups (broad SMARTS) is 3. The van der Waals surface area contributed by atoms with E-state index in [1.54, 1.807) is 34.0 Å². The molecule has 6 nitrogen and oxygen atoms in total. The number of unbranched alkanes of at least 4 members (excludes halogenated alkanes) is 48. The molecule has 0 amide bonds. The second-order valence-electron chi connectivity index (χ2n) is 32.2. The van der Waals surface area contributed by atoms with Crippen molar-refractivity contribution in [2.75, 3.05) is 0 Å². The summed E-state index contributed by atoms with van der Waals surface area (Å²) in [5.74, 6) is -1.97. The SMILES string of the molecule is Cc1ccc(C)c(Sc2c(C)c(C)c(CCCCCCCCCCCCCCCCCCCC(=O)O)c(CCCCCCCCCCCCCCCCCCCC(=O)O)c2C)c1C.O=C(O)CCCCCCCCCCCCCCCCCCCc1ccc(Sc2cc[c]cc2)cc1.[c]1ccc(Sc2cc[c]cc2)cc1. The Morgan fingerprint density at radius 3 is 0.748 bits per heavy atom. The number of hydrogen-bond donors (Lipinski definition) is 3. The average molecular weight is 1570 g/mol. The normalized spacial score (nSPS) is 11.2. The van der Waals surface area contributed by atoms with Gasteiger partial charge in [0.05, 0.1) is 0 Å². The van der Waals surface area contributed by atoms with Gasteiger partial charge in [0.25, 0.3) is 0 Å². The molecule has 9 heteroatoms. The smallest absolute Gasteiger partial charge is 0.303 e. The lowest BCUT2D eigenvalue weighted by Gasteiger charge is -2.24. The fourth-order valence-corrected chi connectivity index (χ4v) is 18.3. The highest BCUT2D eigenvalue weighted by Gasteiger charge is 2.20. The Morgan fingerprint density at radius 1 is 0.234 bits per heavy atom. The molecule has 0 fully saturated rings. The molecular weight excluding hydrogens is 1420 g/mol. The van der Waals surface area contributed by atoms with Crippen molar-refractivity contribution in [3.63, 3.8) is 0 Å². The van der Waals surface area contributed by atoms with E-state index in [1.165, 1.54) is 365 Å². The van der Waals surface area contributed by atoms with Crippen molar-refractivity contribution < 1.29 is 29.7 Å². The minimum Gasteiger partial charge on any atom is -0.481 e. The molecule has 0 unspecified atom stereocenters. The molecule has 0 saturated carbocycles. The van der Waals surface area contributed by atoms with E-state index in [1.807, 2.05) is 59.9 Å². The molecule has 0 aromatic heterocycles. The monoisotopic (exact) mass is 1570 g/mol. The average Bonchev–Trinajstić information content (AvgIpc) is 0.775. The Balaban J connectivity index is 0.000000445. The third kappa shape index (κ3) is 50.7. The lowest BCUT2D eigenvalue weighted by molar-refractivity contribution is -0.138. The van der Waals surface area contributed by atoms with Crippen LogP contribution in [0.15, 0.2) is 139 Å². The zero-order valence-electron chi connectivity index (χ0n) is 71.0. The van der Waals surface area contributed by atoms with Gasteiger partial charge >= 0.3 is 17.9 Å². The number of aliphatic carboxylic acids is 3. The second kappa shape index (κ2) is 67.0. The van der Waals surface area contributed by atoms with Crippen molar-refractivity contribution in [2.24, 2.45) is 0 Å². The summed E-state index contributed by atoms with van der Waals surface area (Å²) in [6, 6.07) is 46.9. The zero-order chi connectivity index (χ0) is 79.7. The summed E-state index contributed by atoms with van der Waals surface area (Å²) in [5, 5.41) is 26.1. The van der Waals surface area contributed by atoms with Crippen molar-refractivity contribution >= 4 is 53.2 Å². The van der Waals surface area contributed by atoms with E-state index < -0.39 is 17.9 Å². The van der Waals surface area contributed by atoms with Gasteiger partial charge < -0.3 is 15.3 Å². The van der Waals surface area contributed by atoms with Crippen LogP contribution in [0.5, 0.6) is 0 Å². The Morgan fingerprint density at radius 2 is 0.468 bits per heavy atom. The third-order valence-electron chi connectivity index (χ3n) is 22.5. The van der Waals surface area contributed by atoms with Crippen LogP contribution in [-0.4, -0.2) is 33.2 Å². The van der Waals surface area contributed by atoms with E-state index in [0.29, 0.717) is 19.3 Å². The van der Waals surface area contributed by atoms with Crippen LogP contribution in [0.25, 0.3) is 0 Å². The van der Waals surface area contributed by atoms with Crippen molar-refractivity contribution in [3.05, 3.63) is 177 Å². The molecule has 0 aliphatic carbocycles. The summed E-state index contributed by atoms with van der Waals surface area (Å²) in [4.78, 5) is 39.7. The topological polar surface area (TPSA) is 112 Å². The summed E-state index contributed by atoms with van der Waals surface area (Å²) in [7, 11) is 0. The summed E-state index contributed by atoms with van der Waals surface area (Å²) in [6.45, 7) is 14.1. The minimum atomic E-state index is -0.657. The first-order chi connectivity index (χ1) is 54.2. The Hall–Kier alpha value is -5.22. The maximum atomic E-state index is 10.6. The number of rotatable bonds is 66. The fourth-order valence-electron chi connectivity index (χ4n) is 15.3. The van der Waals surface area contributed by atoms with Crippen LogP contribution in [0.3, 0.4) is 0 Å². The third-order valence-corrected chi connectivity index (χ3v) is 26.2. The molecule has 0 saturated heterocycles. The first kappa shape index (κ1) is 98.1. The van der Waals surface area contributed by atoms with Crippen molar-refractivity contribution in [1.82, 2.24) is 0 Å². The van der Waals surface area contributed by atoms with Gasteiger partial charge in [0.15, 0.2) is 0 Å². The van der Waals surface area contributed by atoms with E-state index in [9.17, 15) is 14.4 Å². The predicted octanol–water partition coefficient (Wildman–Crippen LogP) is 32.7. The van der Waals surface area contributed by atoms with Gasteiger partial charge in [-0.15, -0.1) is 0 Å². The molecule has 0 atom stereocenters. The quantitative estimate of drug-likeness (QED) is 0.0322. The maximum Gasteiger partial charge on any atom is 0.303 e. The highest BCUT2D eigenvalue weighted by Crippen LogP contribution is 2.42. The lowest BCUT2D eigenvalue weighted by atomic mass is 9.87. The highest BCUT2D eigenvalue weighted by atomic mass is 32.2. The maximum absolute atomic E-state index is 10.6. The van der Waals surface area contributed by atoms with E-state index >= 15 is 0 Å². The Kier molecular flexibility index (Phi) is 59.2.